The number of nitrogens with one attached hydrogen (secondary N) is 1. The molecule has 7 heteroatoms. The number of carbonyl (C=O) groups excluding carboxylic acids is 1. The fraction of sp³-hybridized carbons (Fsp3) is 0.250. The first-order valence-corrected chi connectivity index (χ1v) is 10.1. The van der Waals surface area contributed by atoms with E-state index in [1.807, 2.05) is 0 Å². The summed E-state index contributed by atoms with van der Waals surface area (Å²) >= 11 is 0. The predicted molar refractivity (Wildman–Crippen MR) is 106 cm³/mol. The monoisotopic (exact) mass is 389 g/mol. The number of carbonyl (C=O) groups is 1. The Labute approximate surface area is 159 Å². The molecule has 144 valence electrons. The van der Waals surface area contributed by atoms with Gasteiger partial charge in [-0.2, -0.15) is 0 Å². The second-order valence-corrected chi connectivity index (χ2v) is 8.08. The number of hydrogen-bond donors (Lipinski definition) is 1. The molecule has 6 nitrogen and oxygen atoms in total. The van der Waals surface area contributed by atoms with Crippen LogP contribution in [0.25, 0.3) is 0 Å². The van der Waals surface area contributed by atoms with Crippen LogP contribution in [0, 0.1) is 6.92 Å². The Hall–Kier alpha value is -2.80. The van der Waals surface area contributed by atoms with Gasteiger partial charge in [-0.3, -0.25) is 4.79 Å². The molecule has 0 aliphatic rings. The number of methoxy groups -OCH3 is 2. The molecule has 0 bridgehead atoms. The van der Waals surface area contributed by atoms with Gasteiger partial charge in [-0.1, -0.05) is 12.1 Å². The van der Waals surface area contributed by atoms with Crippen LogP contribution < -0.4 is 14.8 Å². The Morgan fingerprint density at radius 2 is 1.89 bits per heavy atom. The van der Waals surface area contributed by atoms with Crippen molar-refractivity contribution in [1.82, 2.24) is 0 Å². The Balaban J connectivity index is 2.44. The van der Waals surface area contributed by atoms with E-state index in [0.717, 1.165) is 17.4 Å². The average Bonchev–Trinajstić information content (AvgIpc) is 2.62. The van der Waals surface area contributed by atoms with E-state index < -0.39 is 9.84 Å². The first-order valence-electron chi connectivity index (χ1n) is 8.19. The van der Waals surface area contributed by atoms with Gasteiger partial charge in [0.25, 0.3) is 5.91 Å². The highest BCUT2D eigenvalue weighted by Gasteiger charge is 2.17. The number of aryl methyl sites for hydroxylation is 1. The van der Waals surface area contributed by atoms with Crippen LogP contribution in [-0.2, 0) is 16.3 Å². The van der Waals surface area contributed by atoms with Crippen molar-refractivity contribution in [2.45, 2.75) is 18.2 Å². The molecule has 2 aromatic rings. The van der Waals surface area contributed by atoms with Crippen molar-refractivity contribution in [3.8, 4) is 11.5 Å². The summed E-state index contributed by atoms with van der Waals surface area (Å²) in [5.41, 5.74) is 2.32. The van der Waals surface area contributed by atoms with E-state index in [9.17, 15) is 13.2 Å². The zero-order valence-corrected chi connectivity index (χ0v) is 16.6. The molecule has 0 fully saturated rings. The Morgan fingerprint density at radius 3 is 2.44 bits per heavy atom. The number of rotatable bonds is 7. The van der Waals surface area contributed by atoms with Gasteiger partial charge in [0.2, 0.25) is 0 Å². The van der Waals surface area contributed by atoms with Crippen molar-refractivity contribution < 1.29 is 22.7 Å². The number of allylic oxidation sites excluding steroid dienone is 1. The first kappa shape index (κ1) is 20.5. The molecule has 0 saturated heterocycles. The molecule has 0 aliphatic carbocycles. The van der Waals surface area contributed by atoms with Crippen LogP contribution in [0.5, 0.6) is 11.5 Å². The largest absolute Gasteiger partial charge is 0.493 e. The van der Waals surface area contributed by atoms with E-state index in [1.165, 1.54) is 26.4 Å². The van der Waals surface area contributed by atoms with Gasteiger partial charge in [0, 0.05) is 23.1 Å². The zero-order chi connectivity index (χ0) is 20.2. The molecule has 0 heterocycles. The number of amides is 1. The fourth-order valence-corrected chi connectivity index (χ4v) is 3.29. The third-order valence-electron chi connectivity index (χ3n) is 4.07. The fourth-order valence-electron chi connectivity index (χ4n) is 2.64. The lowest BCUT2D eigenvalue weighted by Gasteiger charge is -2.15. The zero-order valence-electron chi connectivity index (χ0n) is 15.8. The maximum atomic E-state index is 12.8. The van der Waals surface area contributed by atoms with Crippen molar-refractivity contribution in [2.75, 3.05) is 25.8 Å². The minimum Gasteiger partial charge on any atom is -0.493 e. The van der Waals surface area contributed by atoms with Crippen LogP contribution >= 0.6 is 0 Å². The molecule has 0 spiro atoms. The first-order chi connectivity index (χ1) is 12.7. The number of hydrogen-bond acceptors (Lipinski definition) is 5. The molecule has 0 radical (unpaired) electrons. The van der Waals surface area contributed by atoms with E-state index in [1.54, 1.807) is 31.2 Å². The summed E-state index contributed by atoms with van der Waals surface area (Å²) in [6.07, 6.45) is 3.33. The highest BCUT2D eigenvalue weighted by atomic mass is 32.2. The van der Waals surface area contributed by atoms with Gasteiger partial charge < -0.3 is 14.8 Å². The summed E-state index contributed by atoms with van der Waals surface area (Å²) in [6.45, 7) is 5.51. The van der Waals surface area contributed by atoms with Crippen LogP contribution in [0.4, 0.5) is 5.69 Å². The maximum Gasteiger partial charge on any atom is 0.255 e. The lowest BCUT2D eigenvalue weighted by Crippen LogP contribution is -2.14. The molecule has 2 rings (SSSR count). The highest BCUT2D eigenvalue weighted by Crippen LogP contribution is 2.33. The molecular formula is C20H23NO5S. The second-order valence-electron chi connectivity index (χ2n) is 6.07. The minimum absolute atomic E-state index is 0.142. The number of ether oxygens (including phenoxy) is 2. The van der Waals surface area contributed by atoms with E-state index in [0.29, 0.717) is 29.2 Å². The molecule has 0 unspecified atom stereocenters. The van der Waals surface area contributed by atoms with E-state index >= 15 is 0 Å². The second kappa shape index (κ2) is 8.26. The van der Waals surface area contributed by atoms with Gasteiger partial charge in [0.05, 0.1) is 19.1 Å². The van der Waals surface area contributed by atoms with Gasteiger partial charge in [0.15, 0.2) is 21.3 Å². The summed E-state index contributed by atoms with van der Waals surface area (Å²) in [5, 5.41) is 2.77. The van der Waals surface area contributed by atoms with Crippen LogP contribution in [0.2, 0.25) is 0 Å². The molecule has 2 aromatic carbocycles. The van der Waals surface area contributed by atoms with Crippen molar-refractivity contribution in [2.24, 2.45) is 0 Å². The smallest absolute Gasteiger partial charge is 0.255 e. The Kier molecular flexibility index (Phi) is 6.28. The number of benzene rings is 2. The minimum atomic E-state index is -3.38. The molecule has 0 atom stereocenters. The molecule has 0 aromatic heterocycles. The third-order valence-corrected chi connectivity index (χ3v) is 5.18. The molecule has 0 aliphatic heterocycles. The van der Waals surface area contributed by atoms with Gasteiger partial charge in [-0.15, -0.1) is 6.58 Å². The summed E-state index contributed by atoms with van der Waals surface area (Å²) < 4.78 is 34.2. The Bertz CT molecular complexity index is 980. The normalized spacial score (nSPS) is 11.0. The molecule has 1 N–H and O–H groups in total. The summed E-state index contributed by atoms with van der Waals surface area (Å²) in [6, 6.07) is 7.90. The lowest BCUT2D eigenvalue weighted by molar-refractivity contribution is 0.102. The van der Waals surface area contributed by atoms with Gasteiger partial charge in [0.1, 0.15) is 0 Å². The molecular weight excluding hydrogens is 366 g/mol. The quantitative estimate of drug-likeness (QED) is 0.734. The van der Waals surface area contributed by atoms with Crippen molar-refractivity contribution in [1.29, 1.82) is 0 Å². The van der Waals surface area contributed by atoms with Gasteiger partial charge in [-0.05, 0) is 43.2 Å². The van der Waals surface area contributed by atoms with E-state index in [2.05, 4.69) is 11.9 Å². The number of sulfone groups is 1. The van der Waals surface area contributed by atoms with Crippen molar-refractivity contribution in [3.05, 3.63) is 59.7 Å². The standard InChI is InChI=1S/C20H23NO5S/c1-6-7-14-10-15(11-18(25-3)19(14)26-4)20(22)21-17-12-16(27(5,23)24)9-8-13(17)2/h6,8-12H,1,7H2,2-5H3,(H,21,22). The van der Waals surface area contributed by atoms with Gasteiger partial charge in [-0.25, -0.2) is 8.42 Å². The average molecular weight is 389 g/mol. The van der Waals surface area contributed by atoms with E-state index in [4.69, 9.17) is 9.47 Å². The third kappa shape index (κ3) is 4.68. The SMILES string of the molecule is C=CCc1cc(C(=O)Nc2cc(S(C)(=O)=O)ccc2C)cc(OC)c1OC. The predicted octanol–water partition coefficient (Wildman–Crippen LogP) is 3.40. The number of anilines is 1. The van der Waals surface area contributed by atoms with Gasteiger partial charge >= 0.3 is 0 Å². The maximum absolute atomic E-state index is 12.8. The lowest BCUT2D eigenvalue weighted by atomic mass is 10.0. The molecule has 1 amide bonds. The Morgan fingerprint density at radius 1 is 1.19 bits per heavy atom. The van der Waals surface area contributed by atoms with Crippen molar-refractivity contribution in [3.63, 3.8) is 0 Å². The summed E-state index contributed by atoms with van der Waals surface area (Å²) in [5.74, 6) is 0.600. The summed E-state index contributed by atoms with van der Waals surface area (Å²) in [4.78, 5) is 12.9. The highest BCUT2D eigenvalue weighted by molar-refractivity contribution is 7.90. The van der Waals surface area contributed by atoms with Crippen molar-refractivity contribution >= 4 is 21.4 Å². The van der Waals surface area contributed by atoms with E-state index in [-0.39, 0.29) is 10.8 Å². The van der Waals surface area contributed by atoms with Crippen LogP contribution in [-0.4, -0.2) is 34.8 Å². The van der Waals surface area contributed by atoms with Crippen LogP contribution in [0.15, 0.2) is 47.9 Å². The molecule has 27 heavy (non-hydrogen) atoms. The topological polar surface area (TPSA) is 81.7 Å². The van der Waals surface area contributed by atoms with Crippen LogP contribution in [0.1, 0.15) is 21.5 Å². The van der Waals surface area contributed by atoms with Crippen LogP contribution in [0.3, 0.4) is 0 Å². The summed E-state index contributed by atoms with van der Waals surface area (Å²) in [7, 11) is -0.346. The molecule has 0 saturated carbocycles.